The van der Waals surface area contributed by atoms with Crippen LogP contribution in [0.25, 0.3) is 11.8 Å². The average Bonchev–Trinajstić information content (AvgIpc) is 3.07. The van der Waals surface area contributed by atoms with Gasteiger partial charge >= 0.3 is 0 Å². The highest BCUT2D eigenvalue weighted by Crippen LogP contribution is 2.29. The summed E-state index contributed by atoms with van der Waals surface area (Å²) in [4.78, 5) is 0.157. The van der Waals surface area contributed by atoms with Crippen LogP contribution in [0.4, 0.5) is 11.5 Å². The first kappa shape index (κ1) is 23.6. The number of rotatable bonds is 6. The lowest BCUT2D eigenvalue weighted by Crippen LogP contribution is -2.16. The molecule has 31 heavy (non-hydrogen) atoms. The Hall–Kier alpha value is -2.11. The van der Waals surface area contributed by atoms with Crippen molar-refractivity contribution in [3.05, 3.63) is 64.8 Å². The lowest BCUT2D eigenvalue weighted by Gasteiger charge is -2.19. The second-order valence-electron chi connectivity index (χ2n) is 7.87. The molecule has 0 amide bonds. The minimum atomic E-state index is -3.85. The van der Waals surface area contributed by atoms with E-state index in [0.29, 0.717) is 22.1 Å². The number of sulfonamides is 1. The zero-order valence-corrected chi connectivity index (χ0v) is 21.0. The summed E-state index contributed by atoms with van der Waals surface area (Å²) >= 11 is 8.39. The van der Waals surface area contributed by atoms with E-state index >= 15 is 0 Å². The van der Waals surface area contributed by atoms with Crippen LogP contribution in [0.1, 0.15) is 32.0 Å². The molecule has 0 radical (unpaired) electrons. The number of aromatic nitrogens is 3. The molecule has 7 nitrogen and oxygen atoms in total. The summed E-state index contributed by atoms with van der Waals surface area (Å²) in [5, 5.41) is 8.42. The maximum Gasteiger partial charge on any atom is 0.261 e. The van der Waals surface area contributed by atoms with E-state index in [1.165, 1.54) is 4.68 Å². The molecule has 0 unspecified atom stereocenters. The van der Waals surface area contributed by atoms with E-state index in [-0.39, 0.29) is 16.1 Å². The molecule has 1 aromatic heterocycles. The molecule has 10 heteroatoms. The Morgan fingerprint density at radius 1 is 1.19 bits per heavy atom. The number of hydrogen-bond donors (Lipinski definition) is 2. The van der Waals surface area contributed by atoms with Gasteiger partial charge in [0.2, 0.25) is 0 Å². The molecule has 0 aliphatic heterocycles. The van der Waals surface area contributed by atoms with Crippen LogP contribution in [-0.4, -0.2) is 27.8 Å². The fourth-order valence-electron chi connectivity index (χ4n) is 2.90. The third-order valence-corrected chi connectivity index (χ3v) is 6.69. The lowest BCUT2D eigenvalue weighted by molar-refractivity contribution is 0.587. The third kappa shape index (κ3) is 5.39. The minimum Gasteiger partial charge on any atom is -0.380 e. The van der Waals surface area contributed by atoms with Gasteiger partial charge in [0, 0.05) is 9.45 Å². The van der Waals surface area contributed by atoms with Crippen molar-refractivity contribution in [3.63, 3.8) is 0 Å². The van der Waals surface area contributed by atoms with Gasteiger partial charge in [-0.05, 0) is 47.4 Å². The van der Waals surface area contributed by atoms with Crippen molar-refractivity contribution in [2.24, 2.45) is 0 Å². The summed E-state index contributed by atoms with van der Waals surface area (Å²) in [6.45, 7) is 6.22. The zero-order chi connectivity index (χ0) is 22.8. The van der Waals surface area contributed by atoms with E-state index in [9.17, 15) is 8.42 Å². The van der Waals surface area contributed by atoms with E-state index in [1.54, 1.807) is 36.4 Å². The summed E-state index contributed by atoms with van der Waals surface area (Å²) < 4.78 is 31.0. The third-order valence-electron chi connectivity index (χ3n) is 4.56. The quantitative estimate of drug-likeness (QED) is 0.318. The van der Waals surface area contributed by atoms with Gasteiger partial charge in [0.1, 0.15) is 5.69 Å². The van der Waals surface area contributed by atoms with Crippen molar-refractivity contribution in [1.82, 2.24) is 15.0 Å². The Bertz CT molecular complexity index is 1220. The second kappa shape index (κ2) is 9.17. The summed E-state index contributed by atoms with van der Waals surface area (Å²) in [5.41, 5.74) is 8.18. The number of nitrogens with zero attached hydrogens (tertiary/aromatic N) is 3. The molecule has 0 fully saturated rings. The largest absolute Gasteiger partial charge is 0.380 e. The molecule has 0 atom stereocenters. The maximum atomic E-state index is 13.1. The highest BCUT2D eigenvalue weighted by molar-refractivity contribution is 14.1. The van der Waals surface area contributed by atoms with Crippen molar-refractivity contribution < 1.29 is 8.42 Å². The van der Waals surface area contributed by atoms with Crippen LogP contribution in [0.2, 0.25) is 5.02 Å². The van der Waals surface area contributed by atoms with E-state index in [4.69, 9.17) is 17.3 Å². The zero-order valence-electron chi connectivity index (χ0n) is 17.3. The van der Waals surface area contributed by atoms with E-state index < -0.39 is 10.0 Å². The van der Waals surface area contributed by atoms with Crippen molar-refractivity contribution in [2.75, 3.05) is 14.9 Å². The van der Waals surface area contributed by atoms with Gasteiger partial charge in [-0.2, -0.15) is 0 Å². The first-order chi connectivity index (χ1) is 14.5. The molecule has 2 aromatic carbocycles. The fraction of sp³-hybridized carbons (Fsp3) is 0.238. The molecule has 0 saturated carbocycles. The van der Waals surface area contributed by atoms with E-state index in [2.05, 4.69) is 58.4 Å². The van der Waals surface area contributed by atoms with E-state index in [0.717, 1.165) is 9.99 Å². The Morgan fingerprint density at radius 3 is 2.48 bits per heavy atom. The summed E-state index contributed by atoms with van der Waals surface area (Å²) in [7, 11) is -3.85. The van der Waals surface area contributed by atoms with Crippen molar-refractivity contribution in [1.29, 1.82) is 0 Å². The number of anilines is 2. The number of benzene rings is 2. The van der Waals surface area contributed by atoms with Crippen LogP contribution in [0, 0.1) is 0 Å². The lowest BCUT2D eigenvalue weighted by atomic mass is 9.87. The van der Waals surface area contributed by atoms with E-state index in [1.807, 2.05) is 18.2 Å². The molecule has 0 aliphatic carbocycles. The molecule has 164 valence electrons. The average molecular weight is 572 g/mol. The fourth-order valence-corrected chi connectivity index (χ4v) is 4.39. The molecular weight excluding hydrogens is 549 g/mol. The number of allylic oxidation sites excluding steroid dienone is 1. The summed E-state index contributed by atoms with van der Waals surface area (Å²) in [6, 6.07) is 11.6. The molecule has 0 spiro atoms. The monoisotopic (exact) mass is 571 g/mol. The summed E-state index contributed by atoms with van der Waals surface area (Å²) in [6.07, 6.45) is 3.68. The number of halogens is 2. The number of nitrogens with two attached hydrogens (primary N) is 1. The summed E-state index contributed by atoms with van der Waals surface area (Å²) in [5.74, 6) is 0.229. The van der Waals surface area contributed by atoms with Crippen molar-refractivity contribution in [2.45, 2.75) is 31.1 Å². The standard InChI is InChI=1S/C21H23ClIN5O2S/c1-21(2,3)14-6-9-16(10-7-14)31(29,30)26-17-11-8-15(22)13-19(17)28-18(5-4-12-23)20(24)25-27-28/h4-11,13,26H,12,24H2,1-3H3/b5-4-. The van der Waals surface area contributed by atoms with Crippen LogP contribution in [0.15, 0.2) is 53.4 Å². The Morgan fingerprint density at radius 2 is 1.87 bits per heavy atom. The molecular formula is C21H23ClIN5O2S. The first-order valence-corrected chi connectivity index (χ1v) is 12.8. The predicted molar refractivity (Wildman–Crippen MR) is 135 cm³/mol. The smallest absolute Gasteiger partial charge is 0.261 e. The van der Waals surface area contributed by atoms with Gasteiger partial charge in [-0.1, -0.05) is 78.4 Å². The van der Waals surface area contributed by atoms with Crippen molar-refractivity contribution >= 4 is 61.8 Å². The van der Waals surface area contributed by atoms with Crippen LogP contribution >= 0.6 is 34.2 Å². The molecule has 1 heterocycles. The minimum absolute atomic E-state index is 0.0754. The topological polar surface area (TPSA) is 103 Å². The van der Waals surface area contributed by atoms with Crippen LogP contribution in [-0.2, 0) is 15.4 Å². The van der Waals surface area contributed by atoms with Gasteiger partial charge in [-0.3, -0.25) is 4.72 Å². The SMILES string of the molecule is CC(C)(C)c1ccc(S(=O)(=O)Nc2ccc(Cl)cc2-n2nnc(N)c2/C=C\CI)cc1. The molecule has 0 bridgehead atoms. The van der Waals surface area contributed by atoms with Gasteiger partial charge in [0.05, 0.1) is 16.3 Å². The Labute approximate surface area is 200 Å². The van der Waals surface area contributed by atoms with Gasteiger partial charge in [0.25, 0.3) is 10.0 Å². The molecule has 3 N–H and O–H groups in total. The van der Waals surface area contributed by atoms with Gasteiger partial charge < -0.3 is 5.73 Å². The number of hydrogen-bond acceptors (Lipinski definition) is 5. The number of alkyl halides is 1. The molecule has 3 aromatic rings. The molecule has 0 saturated heterocycles. The Kier molecular flexibility index (Phi) is 6.97. The normalized spacial score (nSPS) is 12.4. The van der Waals surface area contributed by atoms with Gasteiger partial charge in [-0.25, -0.2) is 13.1 Å². The number of nitrogen functional groups attached to an aromatic ring is 1. The van der Waals surface area contributed by atoms with Gasteiger partial charge in [0.15, 0.2) is 5.82 Å². The highest BCUT2D eigenvalue weighted by Gasteiger charge is 2.21. The molecule has 0 aliphatic rings. The van der Waals surface area contributed by atoms with Crippen LogP contribution in [0.5, 0.6) is 0 Å². The second-order valence-corrected chi connectivity index (χ2v) is 10.9. The highest BCUT2D eigenvalue weighted by atomic mass is 127. The molecule has 3 rings (SSSR count). The van der Waals surface area contributed by atoms with Crippen LogP contribution in [0.3, 0.4) is 0 Å². The first-order valence-electron chi connectivity index (χ1n) is 9.40. The number of nitrogens with one attached hydrogen (secondary N) is 1. The maximum absolute atomic E-state index is 13.1. The predicted octanol–water partition coefficient (Wildman–Crippen LogP) is 5.05. The van der Waals surface area contributed by atoms with Crippen molar-refractivity contribution in [3.8, 4) is 5.69 Å². The Balaban J connectivity index is 2.03. The van der Waals surface area contributed by atoms with Gasteiger partial charge in [-0.15, -0.1) is 5.10 Å². The van der Waals surface area contributed by atoms with Crippen LogP contribution < -0.4 is 10.5 Å².